The second-order valence-corrected chi connectivity index (χ2v) is 6.22. The summed E-state index contributed by atoms with van der Waals surface area (Å²) >= 11 is 0. The molecule has 2 aromatic carbocycles. The summed E-state index contributed by atoms with van der Waals surface area (Å²) in [6, 6.07) is 17.9. The highest BCUT2D eigenvalue weighted by Crippen LogP contribution is 2.23. The van der Waals surface area contributed by atoms with Gasteiger partial charge in [0, 0.05) is 12.6 Å². The number of likely N-dealkylation sites (tertiary alicyclic amines) is 1. The molecule has 24 heavy (non-hydrogen) atoms. The Kier molecular flexibility index (Phi) is 4.94. The van der Waals surface area contributed by atoms with E-state index in [1.807, 2.05) is 42.5 Å². The third-order valence-corrected chi connectivity index (χ3v) is 4.52. The molecule has 4 heteroatoms. The number of hydrogen-bond acceptors (Lipinski definition) is 2. The number of carbonyl (C=O) groups is 2. The van der Waals surface area contributed by atoms with Crippen LogP contribution in [0.4, 0.5) is 0 Å². The fourth-order valence-corrected chi connectivity index (χ4v) is 3.30. The molecule has 1 amide bonds. The lowest BCUT2D eigenvalue weighted by Crippen LogP contribution is -2.37. The highest BCUT2D eigenvalue weighted by Gasteiger charge is 2.30. The van der Waals surface area contributed by atoms with Gasteiger partial charge >= 0.3 is 5.97 Å². The lowest BCUT2D eigenvalue weighted by Gasteiger charge is -2.23. The van der Waals surface area contributed by atoms with E-state index in [9.17, 15) is 9.59 Å². The summed E-state index contributed by atoms with van der Waals surface area (Å²) in [6.07, 6.45) is 2.03. The first-order chi connectivity index (χ1) is 11.6. The van der Waals surface area contributed by atoms with Crippen molar-refractivity contribution in [3.05, 3.63) is 60.2 Å². The maximum atomic E-state index is 12.5. The molecule has 0 aromatic heterocycles. The minimum absolute atomic E-state index is 0.0196. The SMILES string of the molecule is O=C(O)CC1CCCN1C(=O)Cc1ccc(-c2ccccc2)cc1. The monoisotopic (exact) mass is 323 g/mol. The normalized spacial score (nSPS) is 17.0. The van der Waals surface area contributed by atoms with Crippen LogP contribution in [0.3, 0.4) is 0 Å². The standard InChI is InChI=1S/C20H21NO3/c22-19(21-12-4-7-18(21)14-20(23)24)13-15-8-10-17(11-9-15)16-5-2-1-3-6-16/h1-3,5-6,8-11,18H,4,7,12-14H2,(H,23,24). The number of carboxylic acids is 1. The summed E-state index contributed by atoms with van der Waals surface area (Å²) in [5, 5.41) is 8.96. The zero-order chi connectivity index (χ0) is 16.9. The zero-order valence-electron chi connectivity index (χ0n) is 13.5. The number of amides is 1. The van der Waals surface area contributed by atoms with Gasteiger partial charge < -0.3 is 10.0 Å². The molecular weight excluding hydrogens is 302 g/mol. The smallest absolute Gasteiger partial charge is 0.305 e. The van der Waals surface area contributed by atoms with Crippen molar-refractivity contribution < 1.29 is 14.7 Å². The molecule has 1 unspecified atom stereocenters. The average molecular weight is 323 g/mol. The molecule has 4 nitrogen and oxygen atoms in total. The van der Waals surface area contributed by atoms with Crippen molar-refractivity contribution in [3.8, 4) is 11.1 Å². The number of aliphatic carboxylic acids is 1. The number of nitrogens with zero attached hydrogens (tertiary/aromatic N) is 1. The summed E-state index contributed by atoms with van der Waals surface area (Å²) in [4.78, 5) is 25.1. The van der Waals surface area contributed by atoms with E-state index >= 15 is 0 Å². The Morgan fingerprint density at radius 1 is 1.00 bits per heavy atom. The summed E-state index contributed by atoms with van der Waals surface area (Å²) in [5.41, 5.74) is 3.23. The summed E-state index contributed by atoms with van der Waals surface area (Å²) in [6.45, 7) is 0.666. The van der Waals surface area contributed by atoms with Crippen LogP contribution in [-0.4, -0.2) is 34.5 Å². The van der Waals surface area contributed by atoms with E-state index in [1.54, 1.807) is 4.90 Å². The Labute approximate surface area is 141 Å². The van der Waals surface area contributed by atoms with Gasteiger partial charge in [-0.1, -0.05) is 54.6 Å². The van der Waals surface area contributed by atoms with E-state index in [4.69, 9.17) is 5.11 Å². The zero-order valence-corrected chi connectivity index (χ0v) is 13.5. The molecule has 0 spiro atoms. The second kappa shape index (κ2) is 7.30. The van der Waals surface area contributed by atoms with Gasteiger partial charge in [0.25, 0.3) is 0 Å². The fraction of sp³-hybridized carbons (Fsp3) is 0.300. The Hall–Kier alpha value is -2.62. The summed E-state index contributed by atoms with van der Waals surface area (Å²) < 4.78 is 0. The average Bonchev–Trinajstić information content (AvgIpc) is 3.04. The predicted molar refractivity (Wildman–Crippen MR) is 92.6 cm³/mol. The number of hydrogen-bond donors (Lipinski definition) is 1. The van der Waals surface area contributed by atoms with Crippen LogP contribution < -0.4 is 0 Å². The van der Waals surface area contributed by atoms with Gasteiger partial charge in [-0.15, -0.1) is 0 Å². The van der Waals surface area contributed by atoms with Gasteiger partial charge in [-0.25, -0.2) is 0 Å². The maximum absolute atomic E-state index is 12.5. The third kappa shape index (κ3) is 3.82. The first-order valence-electron chi connectivity index (χ1n) is 8.29. The Balaban J connectivity index is 1.65. The number of benzene rings is 2. The number of carboxylic acid groups (broad SMARTS) is 1. The topological polar surface area (TPSA) is 57.6 Å². The molecule has 0 radical (unpaired) electrons. The molecular formula is C20H21NO3. The maximum Gasteiger partial charge on any atom is 0.305 e. The van der Waals surface area contributed by atoms with Gasteiger partial charge in [0.2, 0.25) is 5.91 Å². The second-order valence-electron chi connectivity index (χ2n) is 6.22. The molecule has 124 valence electrons. The molecule has 1 atom stereocenters. The molecule has 0 saturated carbocycles. The van der Waals surface area contributed by atoms with Gasteiger partial charge in [0.05, 0.1) is 12.8 Å². The molecule has 3 rings (SSSR count). The molecule has 0 aliphatic carbocycles. The highest BCUT2D eigenvalue weighted by atomic mass is 16.4. The van der Waals surface area contributed by atoms with E-state index in [0.29, 0.717) is 13.0 Å². The molecule has 1 aliphatic rings. The van der Waals surface area contributed by atoms with E-state index in [2.05, 4.69) is 12.1 Å². The van der Waals surface area contributed by atoms with Crippen LogP contribution in [0.2, 0.25) is 0 Å². The van der Waals surface area contributed by atoms with Crippen molar-refractivity contribution in [1.29, 1.82) is 0 Å². The van der Waals surface area contributed by atoms with Crippen LogP contribution in [0, 0.1) is 0 Å². The highest BCUT2D eigenvalue weighted by molar-refractivity contribution is 5.80. The molecule has 1 fully saturated rings. The van der Waals surface area contributed by atoms with Crippen LogP contribution in [0.15, 0.2) is 54.6 Å². The van der Waals surface area contributed by atoms with E-state index < -0.39 is 5.97 Å². The van der Waals surface area contributed by atoms with Crippen molar-refractivity contribution in [2.45, 2.75) is 31.7 Å². The minimum Gasteiger partial charge on any atom is -0.481 e. The van der Waals surface area contributed by atoms with Gasteiger partial charge in [-0.3, -0.25) is 9.59 Å². The Bertz CT molecular complexity index is 709. The molecule has 1 N–H and O–H groups in total. The molecule has 0 bridgehead atoms. The van der Waals surface area contributed by atoms with E-state index in [-0.39, 0.29) is 18.4 Å². The quantitative estimate of drug-likeness (QED) is 0.918. The van der Waals surface area contributed by atoms with Crippen LogP contribution in [-0.2, 0) is 16.0 Å². The lowest BCUT2D eigenvalue weighted by molar-refractivity contribution is -0.139. The van der Waals surface area contributed by atoms with Gasteiger partial charge in [0.15, 0.2) is 0 Å². The van der Waals surface area contributed by atoms with Crippen molar-refractivity contribution in [2.24, 2.45) is 0 Å². The van der Waals surface area contributed by atoms with Crippen molar-refractivity contribution in [3.63, 3.8) is 0 Å². The van der Waals surface area contributed by atoms with Crippen LogP contribution in [0.1, 0.15) is 24.8 Å². The first-order valence-corrected chi connectivity index (χ1v) is 8.29. The Morgan fingerprint density at radius 2 is 1.67 bits per heavy atom. The van der Waals surface area contributed by atoms with Crippen LogP contribution in [0.5, 0.6) is 0 Å². The van der Waals surface area contributed by atoms with E-state index in [1.165, 1.54) is 0 Å². The van der Waals surface area contributed by atoms with Gasteiger partial charge in [-0.2, -0.15) is 0 Å². The third-order valence-electron chi connectivity index (χ3n) is 4.52. The summed E-state index contributed by atoms with van der Waals surface area (Å²) in [7, 11) is 0. The van der Waals surface area contributed by atoms with Gasteiger partial charge in [-0.05, 0) is 29.5 Å². The fourth-order valence-electron chi connectivity index (χ4n) is 3.30. The van der Waals surface area contributed by atoms with Crippen molar-refractivity contribution in [1.82, 2.24) is 4.90 Å². The first kappa shape index (κ1) is 16.2. The van der Waals surface area contributed by atoms with Gasteiger partial charge in [0.1, 0.15) is 0 Å². The molecule has 1 saturated heterocycles. The predicted octanol–water partition coefficient (Wildman–Crippen LogP) is 3.36. The van der Waals surface area contributed by atoms with Crippen LogP contribution >= 0.6 is 0 Å². The Morgan fingerprint density at radius 3 is 2.33 bits per heavy atom. The minimum atomic E-state index is -0.841. The van der Waals surface area contributed by atoms with Crippen molar-refractivity contribution in [2.75, 3.05) is 6.54 Å². The molecule has 1 heterocycles. The molecule has 1 aliphatic heterocycles. The van der Waals surface area contributed by atoms with E-state index in [0.717, 1.165) is 29.5 Å². The largest absolute Gasteiger partial charge is 0.481 e. The number of rotatable bonds is 5. The number of carbonyl (C=O) groups excluding carboxylic acids is 1. The van der Waals surface area contributed by atoms with Crippen molar-refractivity contribution >= 4 is 11.9 Å². The summed E-state index contributed by atoms with van der Waals surface area (Å²) in [5.74, 6) is -0.821. The lowest BCUT2D eigenvalue weighted by atomic mass is 10.0. The molecule has 2 aromatic rings. The van der Waals surface area contributed by atoms with Crippen LogP contribution in [0.25, 0.3) is 11.1 Å².